The summed E-state index contributed by atoms with van der Waals surface area (Å²) in [6, 6.07) is 14.0. The number of rotatable bonds is 5. The van der Waals surface area contributed by atoms with Crippen LogP contribution in [0.1, 0.15) is 11.1 Å². The highest BCUT2D eigenvalue weighted by molar-refractivity contribution is 8.22. The highest BCUT2D eigenvalue weighted by atomic mass is 32.2. The lowest BCUT2D eigenvalue weighted by atomic mass is 10.2. The van der Waals surface area contributed by atoms with Crippen LogP contribution in [0.4, 0.5) is 0 Å². The summed E-state index contributed by atoms with van der Waals surface area (Å²) < 4.78 is 0.649. The average Bonchev–Trinajstić information content (AvgIpc) is 2.54. The summed E-state index contributed by atoms with van der Waals surface area (Å²) in [7, 11) is 0. The van der Waals surface area contributed by atoms with Gasteiger partial charge in [0, 0.05) is 24.4 Å². The van der Waals surface area contributed by atoms with Crippen molar-refractivity contribution in [3.05, 3.63) is 72.1 Å². The summed E-state index contributed by atoms with van der Waals surface area (Å²) in [6.45, 7) is 0. The summed E-state index contributed by atoms with van der Waals surface area (Å²) in [5.74, 6) is 0.809. The van der Waals surface area contributed by atoms with Crippen LogP contribution in [0.5, 0.6) is 0 Å². The van der Waals surface area contributed by atoms with E-state index in [4.69, 9.17) is 12.2 Å². The molecule has 0 saturated heterocycles. The van der Waals surface area contributed by atoms with Crippen molar-refractivity contribution in [2.75, 3.05) is 0 Å². The van der Waals surface area contributed by atoms with E-state index in [0.717, 1.165) is 11.3 Å². The molecular formula is C16H15N3S2. The Morgan fingerprint density at radius 2 is 1.95 bits per heavy atom. The molecule has 0 amide bonds. The smallest absolute Gasteiger partial charge is 0.154 e. The number of pyridine rings is 1. The lowest BCUT2D eigenvalue weighted by molar-refractivity contribution is 1.07. The third kappa shape index (κ3) is 6.33. The van der Waals surface area contributed by atoms with Crippen LogP contribution >= 0.6 is 24.0 Å². The standard InChI is InChI=1S/C16H15N3S2/c20-16(21-13-15-8-11-17-12-9-15)19-18-10-4-7-14-5-2-1-3-6-14/h1-12H,13H2,(H,19,20)/b7-4+,18-10+. The number of hydrogen-bond acceptors (Lipinski definition) is 4. The van der Waals surface area contributed by atoms with Gasteiger partial charge in [0.25, 0.3) is 0 Å². The van der Waals surface area contributed by atoms with Gasteiger partial charge >= 0.3 is 0 Å². The van der Waals surface area contributed by atoms with E-state index in [1.54, 1.807) is 18.6 Å². The number of allylic oxidation sites excluding steroid dienone is 1. The Bertz CT molecular complexity index is 610. The number of nitrogens with zero attached hydrogens (tertiary/aromatic N) is 2. The molecule has 1 N–H and O–H groups in total. The van der Waals surface area contributed by atoms with Gasteiger partial charge in [-0.05, 0) is 29.3 Å². The van der Waals surface area contributed by atoms with E-state index >= 15 is 0 Å². The summed E-state index contributed by atoms with van der Waals surface area (Å²) in [5, 5.41) is 4.06. The largest absolute Gasteiger partial charge is 0.265 e. The zero-order valence-corrected chi connectivity index (χ0v) is 13.0. The molecule has 0 fully saturated rings. The van der Waals surface area contributed by atoms with Crippen LogP contribution in [0.3, 0.4) is 0 Å². The van der Waals surface area contributed by atoms with Crippen molar-refractivity contribution in [1.82, 2.24) is 10.4 Å². The third-order valence-corrected chi connectivity index (χ3v) is 3.80. The van der Waals surface area contributed by atoms with Crippen LogP contribution in [0.2, 0.25) is 0 Å². The molecule has 0 spiro atoms. The van der Waals surface area contributed by atoms with Gasteiger partial charge in [-0.2, -0.15) is 5.10 Å². The second-order valence-corrected chi connectivity index (χ2v) is 5.74. The molecule has 0 atom stereocenters. The molecule has 5 heteroatoms. The molecule has 0 unspecified atom stereocenters. The number of aromatic nitrogens is 1. The molecule has 106 valence electrons. The fraction of sp³-hybridized carbons (Fsp3) is 0.0625. The zero-order chi connectivity index (χ0) is 14.8. The summed E-state index contributed by atoms with van der Waals surface area (Å²) in [5.41, 5.74) is 5.16. The fourth-order valence-corrected chi connectivity index (χ4v) is 2.35. The van der Waals surface area contributed by atoms with E-state index in [1.165, 1.54) is 17.3 Å². The monoisotopic (exact) mass is 313 g/mol. The normalized spacial score (nSPS) is 11.0. The lowest BCUT2D eigenvalue weighted by Crippen LogP contribution is -2.10. The second kappa shape index (κ2) is 9.05. The van der Waals surface area contributed by atoms with Crippen molar-refractivity contribution >= 4 is 40.6 Å². The van der Waals surface area contributed by atoms with Crippen molar-refractivity contribution in [3.8, 4) is 0 Å². The first kappa shape index (κ1) is 15.4. The van der Waals surface area contributed by atoms with Gasteiger partial charge in [-0.15, -0.1) is 0 Å². The van der Waals surface area contributed by atoms with E-state index in [2.05, 4.69) is 15.5 Å². The molecule has 0 aliphatic heterocycles. The molecule has 0 saturated carbocycles. The minimum atomic E-state index is 0.649. The molecule has 0 bridgehead atoms. The van der Waals surface area contributed by atoms with E-state index in [-0.39, 0.29) is 0 Å². The molecule has 1 aromatic heterocycles. The van der Waals surface area contributed by atoms with Crippen LogP contribution in [0.25, 0.3) is 6.08 Å². The SMILES string of the molecule is S=C(N/N=C/C=C/c1ccccc1)SCc1ccncc1. The maximum atomic E-state index is 5.19. The van der Waals surface area contributed by atoms with Gasteiger partial charge in [0.05, 0.1) is 0 Å². The average molecular weight is 313 g/mol. The van der Waals surface area contributed by atoms with Crippen LogP contribution in [-0.2, 0) is 5.75 Å². The first-order valence-electron chi connectivity index (χ1n) is 6.41. The van der Waals surface area contributed by atoms with E-state index in [1.807, 2.05) is 54.6 Å². The van der Waals surface area contributed by atoms with Gasteiger partial charge in [-0.3, -0.25) is 10.4 Å². The van der Waals surface area contributed by atoms with Crippen LogP contribution in [0.15, 0.2) is 66.0 Å². The molecule has 0 aliphatic carbocycles. The summed E-state index contributed by atoms with van der Waals surface area (Å²) >= 11 is 6.73. The minimum Gasteiger partial charge on any atom is -0.265 e. The van der Waals surface area contributed by atoms with Gasteiger partial charge < -0.3 is 0 Å². The maximum absolute atomic E-state index is 5.19. The Kier molecular flexibility index (Phi) is 6.64. The first-order chi connectivity index (χ1) is 10.3. The van der Waals surface area contributed by atoms with Crippen molar-refractivity contribution < 1.29 is 0 Å². The van der Waals surface area contributed by atoms with Crippen LogP contribution < -0.4 is 5.43 Å². The predicted molar refractivity (Wildman–Crippen MR) is 95.2 cm³/mol. The van der Waals surface area contributed by atoms with Crippen molar-refractivity contribution in [2.24, 2.45) is 5.10 Å². The Morgan fingerprint density at radius 1 is 1.19 bits per heavy atom. The predicted octanol–water partition coefficient (Wildman–Crippen LogP) is 3.89. The molecule has 2 rings (SSSR count). The Morgan fingerprint density at radius 3 is 2.71 bits per heavy atom. The van der Waals surface area contributed by atoms with Gasteiger partial charge in [0.2, 0.25) is 0 Å². The molecular weight excluding hydrogens is 298 g/mol. The molecule has 3 nitrogen and oxygen atoms in total. The van der Waals surface area contributed by atoms with Crippen LogP contribution in [0, 0.1) is 0 Å². The van der Waals surface area contributed by atoms with Gasteiger partial charge in [0.1, 0.15) is 0 Å². The van der Waals surface area contributed by atoms with Crippen molar-refractivity contribution in [1.29, 1.82) is 0 Å². The highest BCUT2D eigenvalue weighted by Crippen LogP contribution is 2.11. The topological polar surface area (TPSA) is 37.3 Å². The Balaban J connectivity index is 1.69. The number of thioether (sulfide) groups is 1. The third-order valence-electron chi connectivity index (χ3n) is 2.52. The van der Waals surface area contributed by atoms with Crippen LogP contribution in [-0.4, -0.2) is 15.5 Å². The maximum Gasteiger partial charge on any atom is 0.154 e. The summed E-state index contributed by atoms with van der Waals surface area (Å²) in [6.07, 6.45) is 9.10. The number of hydrogen-bond donors (Lipinski definition) is 1. The number of benzene rings is 1. The van der Waals surface area contributed by atoms with Crippen molar-refractivity contribution in [3.63, 3.8) is 0 Å². The van der Waals surface area contributed by atoms with Gasteiger partial charge in [0.15, 0.2) is 4.32 Å². The molecule has 0 aliphatic rings. The zero-order valence-electron chi connectivity index (χ0n) is 11.3. The van der Waals surface area contributed by atoms with Gasteiger partial charge in [-0.1, -0.05) is 60.4 Å². The quantitative estimate of drug-likeness (QED) is 0.516. The fourth-order valence-electron chi connectivity index (χ4n) is 1.51. The molecule has 1 aromatic carbocycles. The lowest BCUT2D eigenvalue weighted by Gasteiger charge is -2.01. The van der Waals surface area contributed by atoms with E-state index in [9.17, 15) is 0 Å². The number of nitrogens with one attached hydrogen (secondary N) is 1. The van der Waals surface area contributed by atoms with Gasteiger partial charge in [-0.25, -0.2) is 0 Å². The summed E-state index contributed by atoms with van der Waals surface area (Å²) in [4.78, 5) is 3.98. The molecule has 0 radical (unpaired) electrons. The number of hydrazone groups is 1. The molecule has 1 heterocycles. The van der Waals surface area contributed by atoms with E-state index < -0.39 is 0 Å². The van der Waals surface area contributed by atoms with Crippen molar-refractivity contribution in [2.45, 2.75) is 5.75 Å². The highest BCUT2D eigenvalue weighted by Gasteiger charge is 1.96. The number of thiocarbonyl (C=S) groups is 1. The molecule has 2 aromatic rings. The Labute approximate surface area is 134 Å². The molecule has 21 heavy (non-hydrogen) atoms. The van der Waals surface area contributed by atoms with E-state index in [0.29, 0.717) is 4.32 Å². The second-order valence-electron chi connectivity index (χ2n) is 4.09. The Hall–Kier alpha value is -1.98. The first-order valence-corrected chi connectivity index (χ1v) is 7.80. The minimum absolute atomic E-state index is 0.649.